The average molecular weight is 196 g/mol. The van der Waals surface area contributed by atoms with Crippen LogP contribution in [0.15, 0.2) is 16.8 Å². The van der Waals surface area contributed by atoms with E-state index < -0.39 is 18.2 Å². The Balaban J connectivity index is 2.87. The number of alkyl halides is 3. The summed E-state index contributed by atoms with van der Waals surface area (Å²) in [5, 5.41) is 2.86. The van der Waals surface area contributed by atoms with Gasteiger partial charge in [0.05, 0.1) is 0 Å². The maximum Gasteiger partial charge on any atom is 0.436 e. The predicted octanol–water partition coefficient (Wildman–Crippen LogP) is 1.85. The van der Waals surface area contributed by atoms with Crippen LogP contribution < -0.4 is 0 Å². The Morgan fingerprint density at radius 3 is 2.85 bits per heavy atom. The van der Waals surface area contributed by atoms with Gasteiger partial charge in [-0.05, 0) is 18.5 Å². The second-order valence-corrected chi connectivity index (χ2v) is 2.37. The maximum atomic E-state index is 12.1. The largest absolute Gasteiger partial charge is 0.436 e. The lowest BCUT2D eigenvalue weighted by atomic mass is 10.2. The highest BCUT2D eigenvalue weighted by Crippen LogP contribution is 2.23. The van der Waals surface area contributed by atoms with Crippen LogP contribution in [0.4, 0.5) is 13.2 Å². The number of nitrogens with zero attached hydrogens (tertiary/aromatic N) is 1. The van der Waals surface area contributed by atoms with Crippen molar-refractivity contribution in [2.75, 3.05) is 7.11 Å². The van der Waals surface area contributed by atoms with Crippen LogP contribution in [-0.4, -0.2) is 25.3 Å². The maximum absolute atomic E-state index is 12.1. The summed E-state index contributed by atoms with van der Waals surface area (Å²) in [6, 6.07) is 0. The smallest absolute Gasteiger partial charge is 0.358 e. The van der Waals surface area contributed by atoms with Gasteiger partial charge in [-0.3, -0.25) is 0 Å². The van der Waals surface area contributed by atoms with Crippen LogP contribution in [0.5, 0.6) is 0 Å². The number of halogens is 3. The van der Waals surface area contributed by atoms with Crippen molar-refractivity contribution >= 4 is 5.71 Å². The van der Waals surface area contributed by atoms with Crippen LogP contribution in [0.3, 0.4) is 0 Å². The Bertz CT molecular complexity index is 275. The van der Waals surface area contributed by atoms with E-state index >= 15 is 0 Å². The molecule has 0 radical (unpaired) electrons. The first-order valence-corrected chi connectivity index (χ1v) is 3.32. The third-order valence-corrected chi connectivity index (χ3v) is 1.38. The molecule has 0 aromatic carbocycles. The molecule has 6 heteroatoms. The molecule has 0 fully saturated rings. The van der Waals surface area contributed by atoms with E-state index in [1.165, 1.54) is 7.11 Å². The molecule has 1 rings (SSSR count). The molecule has 1 unspecified atom stereocenters. The van der Waals surface area contributed by atoms with Gasteiger partial charge in [0, 0.05) is 8.48 Å². The Kier molecular flexibility index (Phi) is 2.22. The molecule has 0 N–H and O–H groups in total. The lowest BCUT2D eigenvalue weighted by molar-refractivity contribution is -0.109. The normalized spacial score (nSPS) is 24.3. The molecule has 0 aliphatic carbocycles. The monoisotopic (exact) mass is 196 g/mol. The first-order valence-electron chi connectivity index (χ1n) is 4.03. The Morgan fingerprint density at radius 2 is 2.38 bits per heavy atom. The lowest BCUT2D eigenvalue weighted by Crippen LogP contribution is -2.28. The van der Waals surface area contributed by atoms with E-state index in [2.05, 4.69) is 14.7 Å². The van der Waals surface area contributed by atoms with E-state index in [1.54, 1.807) is 0 Å². The minimum absolute atomic E-state index is 0.0924. The molecule has 0 aromatic rings. The highest BCUT2D eigenvalue weighted by atomic mass is 19.4. The second-order valence-electron chi connectivity index (χ2n) is 2.37. The van der Waals surface area contributed by atoms with Crippen LogP contribution in [0.25, 0.3) is 0 Å². The van der Waals surface area contributed by atoms with Crippen molar-refractivity contribution in [3.63, 3.8) is 0 Å². The van der Waals surface area contributed by atoms with E-state index in [0.717, 1.165) is 6.08 Å². The van der Waals surface area contributed by atoms with Gasteiger partial charge >= 0.3 is 6.18 Å². The van der Waals surface area contributed by atoms with Gasteiger partial charge in [0.1, 0.15) is 0 Å². The third kappa shape index (κ3) is 2.21. The number of ether oxygens (including phenoxy) is 1. The zero-order chi connectivity index (χ0) is 10.8. The zero-order valence-corrected chi connectivity index (χ0v) is 6.76. The number of rotatable bonds is 1. The van der Waals surface area contributed by atoms with E-state index in [0.29, 0.717) is 0 Å². The van der Waals surface area contributed by atoms with Gasteiger partial charge in [-0.25, -0.2) is 0 Å². The van der Waals surface area contributed by atoms with Crippen molar-refractivity contribution in [3.8, 4) is 0 Å². The van der Waals surface area contributed by atoms with E-state index in [1.807, 2.05) is 0 Å². The predicted molar refractivity (Wildman–Crippen MR) is 39.1 cm³/mol. The summed E-state index contributed by atoms with van der Waals surface area (Å²) in [5.74, 6) is 0. The van der Waals surface area contributed by atoms with Crippen LogP contribution in [0, 0.1) is 0 Å². The second kappa shape index (κ2) is 3.37. The fourth-order valence-corrected chi connectivity index (χ4v) is 0.770. The number of hydrogen-bond acceptors (Lipinski definition) is 3. The molecule has 1 aliphatic rings. The van der Waals surface area contributed by atoms with E-state index in [4.69, 9.17) is 1.37 Å². The SMILES string of the molecule is [2H]CC1=CC(C(F)(F)F)=NOC1OC. The van der Waals surface area contributed by atoms with Crippen LogP contribution in [0.1, 0.15) is 8.27 Å². The third-order valence-electron chi connectivity index (χ3n) is 1.38. The van der Waals surface area contributed by atoms with Crippen molar-refractivity contribution in [1.82, 2.24) is 0 Å². The standard InChI is InChI=1S/C7H8F3NO2/c1-4-3-5(7(8,9)10)11-13-6(4)12-2/h3,6H,1-2H3/i1D. The first kappa shape index (κ1) is 8.55. The average Bonchev–Trinajstić information content (AvgIpc) is 2.15. The minimum Gasteiger partial charge on any atom is -0.358 e. The van der Waals surface area contributed by atoms with Crippen LogP contribution >= 0.6 is 0 Å². The van der Waals surface area contributed by atoms with Crippen molar-refractivity contribution in [1.29, 1.82) is 0 Å². The highest BCUT2D eigenvalue weighted by Gasteiger charge is 2.37. The molecule has 0 saturated carbocycles. The fraction of sp³-hybridized carbons (Fsp3) is 0.571. The molecular formula is C7H8F3NO2. The molecule has 0 amide bonds. The molecule has 3 nitrogen and oxygen atoms in total. The molecule has 0 aromatic heterocycles. The van der Waals surface area contributed by atoms with E-state index in [-0.39, 0.29) is 12.5 Å². The van der Waals surface area contributed by atoms with Gasteiger partial charge in [0.2, 0.25) is 6.29 Å². The molecule has 1 heterocycles. The zero-order valence-electron chi connectivity index (χ0n) is 7.76. The number of oxime groups is 1. The summed E-state index contributed by atoms with van der Waals surface area (Å²) in [7, 11) is 1.27. The Hall–Kier alpha value is -1.04. The molecule has 13 heavy (non-hydrogen) atoms. The van der Waals surface area contributed by atoms with Gasteiger partial charge in [-0.2, -0.15) is 13.2 Å². The van der Waals surface area contributed by atoms with Crippen molar-refractivity contribution < 1.29 is 24.1 Å². The van der Waals surface area contributed by atoms with Gasteiger partial charge in [0.25, 0.3) is 0 Å². The van der Waals surface area contributed by atoms with Gasteiger partial charge in [0.15, 0.2) is 5.71 Å². The lowest BCUT2D eigenvalue weighted by Gasteiger charge is -2.19. The van der Waals surface area contributed by atoms with Crippen molar-refractivity contribution in [2.24, 2.45) is 5.16 Å². The first-order chi connectivity index (χ1) is 6.49. The summed E-state index contributed by atoms with van der Waals surface area (Å²) < 4.78 is 48.0. The molecular weight excluding hydrogens is 187 g/mol. The number of allylic oxidation sites excluding steroid dienone is 1. The molecule has 1 aliphatic heterocycles. The molecule has 1 atom stereocenters. The molecule has 0 spiro atoms. The topological polar surface area (TPSA) is 30.8 Å². The quantitative estimate of drug-likeness (QED) is 0.640. The van der Waals surface area contributed by atoms with Gasteiger partial charge < -0.3 is 9.57 Å². The number of methoxy groups -OCH3 is 1. The van der Waals surface area contributed by atoms with Crippen LogP contribution in [-0.2, 0) is 9.57 Å². The summed E-state index contributed by atoms with van der Waals surface area (Å²) in [5.41, 5.74) is -1.05. The van der Waals surface area contributed by atoms with E-state index in [9.17, 15) is 13.2 Å². The minimum atomic E-state index is -4.56. The summed E-state index contributed by atoms with van der Waals surface area (Å²) >= 11 is 0. The number of hydrogen-bond donors (Lipinski definition) is 0. The van der Waals surface area contributed by atoms with Crippen LogP contribution in [0.2, 0.25) is 0 Å². The summed E-state index contributed by atoms with van der Waals surface area (Å²) in [4.78, 5) is 4.43. The molecule has 0 saturated heterocycles. The van der Waals surface area contributed by atoms with Gasteiger partial charge in [-0.1, -0.05) is 5.16 Å². The Labute approximate surface area is 74.2 Å². The summed E-state index contributed by atoms with van der Waals surface area (Å²) in [6.07, 6.45) is -4.78. The highest BCUT2D eigenvalue weighted by molar-refractivity contribution is 5.99. The van der Waals surface area contributed by atoms with Crippen molar-refractivity contribution in [3.05, 3.63) is 11.6 Å². The fourth-order valence-electron chi connectivity index (χ4n) is 0.770. The molecule has 0 bridgehead atoms. The summed E-state index contributed by atoms with van der Waals surface area (Å²) in [6.45, 7) is -0.326. The molecule has 74 valence electrons. The van der Waals surface area contributed by atoms with Gasteiger partial charge in [-0.15, -0.1) is 0 Å². The Morgan fingerprint density at radius 1 is 1.69 bits per heavy atom. The van der Waals surface area contributed by atoms with Crippen molar-refractivity contribution in [2.45, 2.75) is 19.4 Å².